The molecule has 0 saturated heterocycles. The predicted octanol–water partition coefficient (Wildman–Crippen LogP) is 6.73. The molecule has 0 aromatic heterocycles. The first kappa shape index (κ1) is 32.5. The van der Waals surface area contributed by atoms with Gasteiger partial charge in [-0.15, -0.1) is 15.8 Å². The molecule has 0 aliphatic heterocycles. The Morgan fingerprint density at radius 1 is 0.474 bits per heavy atom. The third-order valence-corrected chi connectivity index (χ3v) is 8.05. The van der Waals surface area contributed by atoms with E-state index >= 15 is 0 Å². The zero-order valence-electron chi connectivity index (χ0n) is 14.9. The van der Waals surface area contributed by atoms with Crippen LogP contribution in [0.4, 0.5) is 0 Å². The number of hydrogen-bond acceptors (Lipinski definition) is 0. The molecular formula is C16H40P2Pt. The molecule has 0 fully saturated rings. The van der Waals surface area contributed by atoms with Crippen LogP contribution in [-0.4, -0.2) is 37.0 Å². The van der Waals surface area contributed by atoms with E-state index in [-0.39, 0.29) is 21.1 Å². The monoisotopic (exact) mass is 489 g/mol. The normalized spacial score (nSPS) is 8.21. The Morgan fingerprint density at radius 2 is 0.579 bits per heavy atom. The van der Waals surface area contributed by atoms with Crippen LogP contribution in [0.25, 0.3) is 0 Å². The largest absolute Gasteiger partial charge is 2.00 e. The van der Waals surface area contributed by atoms with Crippen molar-refractivity contribution in [2.24, 2.45) is 0 Å². The van der Waals surface area contributed by atoms with Crippen molar-refractivity contribution in [1.82, 2.24) is 0 Å². The van der Waals surface area contributed by atoms with E-state index in [1.54, 1.807) is 13.8 Å². The van der Waals surface area contributed by atoms with Crippen LogP contribution in [0.3, 0.4) is 0 Å². The number of hydrogen-bond donors (Lipinski definition) is 0. The second-order valence-electron chi connectivity index (χ2n) is 3.24. The van der Waals surface area contributed by atoms with E-state index in [0.29, 0.717) is 15.8 Å². The summed E-state index contributed by atoms with van der Waals surface area (Å²) in [5.41, 5.74) is 0. The minimum absolute atomic E-state index is 0. The molecule has 0 amide bonds. The van der Waals surface area contributed by atoms with Crippen LogP contribution in [0.5, 0.6) is 0 Å². The minimum atomic E-state index is 0. The molecule has 0 heterocycles. The minimum Gasteiger partial charge on any atom is -0.346 e. The fourth-order valence-corrected chi connectivity index (χ4v) is 4.02. The van der Waals surface area contributed by atoms with E-state index in [1.807, 2.05) is 0 Å². The second-order valence-corrected chi connectivity index (χ2v) is 9.72. The third kappa shape index (κ3) is 32.8. The fourth-order valence-electron chi connectivity index (χ4n) is 1.34. The van der Waals surface area contributed by atoms with Gasteiger partial charge in [-0.1, -0.05) is 41.5 Å². The van der Waals surface area contributed by atoms with Crippen LogP contribution in [-0.2, 0) is 21.1 Å². The predicted molar refractivity (Wildman–Crippen MR) is 99.1 cm³/mol. The van der Waals surface area contributed by atoms with Crippen molar-refractivity contribution >= 4 is 15.8 Å². The summed E-state index contributed by atoms with van der Waals surface area (Å²) in [6.07, 6.45) is 8.51. The van der Waals surface area contributed by atoms with E-state index in [1.165, 1.54) is 37.0 Å². The van der Waals surface area contributed by atoms with Crippen molar-refractivity contribution in [3.05, 3.63) is 13.8 Å². The standard InChI is InChI=1S/2C6H15P.2C2H5.Pt/c2*1-4-7(5-2)6-3;2*1-2;/h2*4-6H2,1-3H3;2*1H2,2H3;/q;;2*-1;+2. The second kappa shape index (κ2) is 36.6. The number of rotatable bonds is 6. The first-order valence-corrected chi connectivity index (χ1v) is 11.3. The molecule has 0 unspecified atom stereocenters. The summed E-state index contributed by atoms with van der Waals surface area (Å²) in [5.74, 6) is 0. The maximum absolute atomic E-state index is 3.25. The van der Waals surface area contributed by atoms with Crippen molar-refractivity contribution in [3.63, 3.8) is 0 Å². The molecule has 0 aromatic rings. The van der Waals surface area contributed by atoms with Crippen LogP contribution >= 0.6 is 15.8 Å². The quantitative estimate of drug-likeness (QED) is 0.287. The molecule has 0 aromatic carbocycles. The Bertz CT molecular complexity index is 69.7. The van der Waals surface area contributed by atoms with Crippen LogP contribution in [0.2, 0.25) is 0 Å². The SMILES string of the molecule is CCP(CC)CC.CCP(CC)CC.[CH2-]C.[CH2-]C.[Pt+2]. The van der Waals surface area contributed by atoms with E-state index in [4.69, 9.17) is 0 Å². The topological polar surface area (TPSA) is 0 Å². The summed E-state index contributed by atoms with van der Waals surface area (Å²) < 4.78 is 0. The smallest absolute Gasteiger partial charge is 0.346 e. The summed E-state index contributed by atoms with van der Waals surface area (Å²) in [7, 11) is 0.892. The van der Waals surface area contributed by atoms with E-state index < -0.39 is 0 Å². The van der Waals surface area contributed by atoms with Gasteiger partial charge in [0.1, 0.15) is 0 Å². The van der Waals surface area contributed by atoms with Crippen molar-refractivity contribution in [2.45, 2.75) is 55.4 Å². The summed E-state index contributed by atoms with van der Waals surface area (Å²) >= 11 is 0. The first-order chi connectivity index (χ1) is 8.69. The van der Waals surface area contributed by atoms with Gasteiger partial charge >= 0.3 is 21.1 Å². The van der Waals surface area contributed by atoms with E-state index in [9.17, 15) is 0 Å². The molecule has 0 radical (unpaired) electrons. The third-order valence-electron chi connectivity index (χ3n) is 2.68. The summed E-state index contributed by atoms with van der Waals surface area (Å²) in [4.78, 5) is 0. The molecule has 3 heteroatoms. The molecule has 0 saturated carbocycles. The van der Waals surface area contributed by atoms with Crippen LogP contribution < -0.4 is 0 Å². The maximum Gasteiger partial charge on any atom is 2.00 e. The van der Waals surface area contributed by atoms with Gasteiger partial charge in [-0.2, -0.15) is 13.8 Å². The Kier molecular flexibility index (Phi) is 62.6. The zero-order chi connectivity index (χ0) is 15.4. The molecular weight excluding hydrogens is 449 g/mol. The van der Waals surface area contributed by atoms with Crippen LogP contribution in [0.15, 0.2) is 0 Å². The Labute approximate surface area is 143 Å². The first-order valence-electron chi connectivity index (χ1n) is 7.55. The molecule has 0 bridgehead atoms. The maximum atomic E-state index is 3.25. The van der Waals surface area contributed by atoms with Gasteiger partial charge in [0.05, 0.1) is 0 Å². The zero-order valence-corrected chi connectivity index (χ0v) is 18.9. The van der Waals surface area contributed by atoms with Gasteiger partial charge in [-0.3, -0.25) is 0 Å². The van der Waals surface area contributed by atoms with Gasteiger partial charge in [0.2, 0.25) is 0 Å². The summed E-state index contributed by atoms with van der Waals surface area (Å²) in [6, 6.07) is 0. The molecule has 0 nitrogen and oxygen atoms in total. The average molecular weight is 490 g/mol. The van der Waals surface area contributed by atoms with Crippen molar-refractivity contribution in [2.75, 3.05) is 37.0 Å². The Morgan fingerprint density at radius 3 is 0.579 bits per heavy atom. The van der Waals surface area contributed by atoms with Gasteiger partial charge in [-0.25, -0.2) is 0 Å². The van der Waals surface area contributed by atoms with Crippen molar-refractivity contribution < 1.29 is 21.1 Å². The molecule has 0 aliphatic rings. The Hall–Kier alpha value is 1.55. The molecule has 0 rings (SSSR count). The van der Waals surface area contributed by atoms with Crippen LogP contribution in [0.1, 0.15) is 55.4 Å². The van der Waals surface area contributed by atoms with Crippen molar-refractivity contribution in [3.8, 4) is 0 Å². The average Bonchev–Trinajstić information content (AvgIpc) is 2.48. The van der Waals surface area contributed by atoms with Gasteiger partial charge < -0.3 is 13.8 Å². The molecule has 0 aliphatic carbocycles. The molecule has 0 atom stereocenters. The molecule has 0 N–H and O–H groups in total. The summed E-state index contributed by atoms with van der Waals surface area (Å²) in [6.45, 7) is 23.7. The van der Waals surface area contributed by atoms with E-state index in [2.05, 4.69) is 55.4 Å². The summed E-state index contributed by atoms with van der Waals surface area (Å²) in [5, 5.41) is 0. The van der Waals surface area contributed by atoms with Gasteiger partial charge in [0.15, 0.2) is 0 Å². The van der Waals surface area contributed by atoms with Gasteiger partial charge in [0, 0.05) is 0 Å². The molecule has 19 heavy (non-hydrogen) atoms. The molecule has 124 valence electrons. The fraction of sp³-hybridized carbons (Fsp3) is 0.875. The Balaban J connectivity index is -0.0000000522. The van der Waals surface area contributed by atoms with Gasteiger partial charge in [0.25, 0.3) is 0 Å². The van der Waals surface area contributed by atoms with Gasteiger partial charge in [-0.05, 0) is 37.0 Å². The van der Waals surface area contributed by atoms with Crippen LogP contribution in [0, 0.1) is 13.8 Å². The molecule has 0 spiro atoms. The van der Waals surface area contributed by atoms with Crippen molar-refractivity contribution in [1.29, 1.82) is 0 Å². The van der Waals surface area contributed by atoms with E-state index in [0.717, 1.165) is 0 Å².